The Labute approximate surface area is 159 Å². The molecular formula is C21H24N4O2. The van der Waals surface area contributed by atoms with Gasteiger partial charge in [0, 0.05) is 31.6 Å². The highest BCUT2D eigenvalue weighted by molar-refractivity contribution is 6.07. The number of carbonyl (C=O) groups is 2. The van der Waals surface area contributed by atoms with E-state index in [2.05, 4.69) is 15.3 Å². The highest BCUT2D eigenvalue weighted by atomic mass is 16.2. The second-order valence-corrected chi connectivity index (χ2v) is 6.71. The van der Waals surface area contributed by atoms with Gasteiger partial charge in [0.15, 0.2) is 0 Å². The molecule has 0 unspecified atom stereocenters. The number of hydrogen-bond donors (Lipinski definition) is 1. The SMILES string of the molecule is CN(C(=O)c1ccccc1NC(=O)C=Cc1cnccn1)C1CCCCC1. The average molecular weight is 364 g/mol. The molecule has 0 aliphatic heterocycles. The van der Waals surface area contributed by atoms with Crippen molar-refractivity contribution in [3.05, 3.63) is 60.2 Å². The van der Waals surface area contributed by atoms with Gasteiger partial charge >= 0.3 is 0 Å². The summed E-state index contributed by atoms with van der Waals surface area (Å²) >= 11 is 0. The molecule has 27 heavy (non-hydrogen) atoms. The van der Waals surface area contributed by atoms with Crippen LogP contribution in [0, 0.1) is 0 Å². The third-order valence-electron chi connectivity index (χ3n) is 4.85. The topological polar surface area (TPSA) is 75.2 Å². The van der Waals surface area contributed by atoms with Crippen LogP contribution in [0.15, 0.2) is 48.9 Å². The van der Waals surface area contributed by atoms with Crippen molar-refractivity contribution in [2.24, 2.45) is 0 Å². The zero-order valence-corrected chi connectivity index (χ0v) is 15.5. The van der Waals surface area contributed by atoms with Crippen molar-refractivity contribution in [1.29, 1.82) is 0 Å². The highest BCUT2D eigenvalue weighted by Crippen LogP contribution is 2.25. The van der Waals surface area contributed by atoms with Crippen LogP contribution in [0.2, 0.25) is 0 Å². The molecule has 1 heterocycles. The zero-order chi connectivity index (χ0) is 19.1. The first-order valence-electron chi connectivity index (χ1n) is 9.26. The van der Waals surface area contributed by atoms with E-state index in [4.69, 9.17) is 0 Å². The Kier molecular flexibility index (Phi) is 6.30. The summed E-state index contributed by atoms with van der Waals surface area (Å²) in [6.07, 6.45) is 13.3. The standard InChI is InChI=1S/C21H24N4O2/c1-25(17-7-3-2-4-8-17)21(27)18-9-5-6-10-19(18)24-20(26)12-11-16-15-22-13-14-23-16/h5-6,9-15,17H,2-4,7-8H2,1H3,(H,24,26). The van der Waals surface area contributed by atoms with Crippen molar-refractivity contribution in [3.8, 4) is 0 Å². The van der Waals surface area contributed by atoms with Crippen LogP contribution in [0.25, 0.3) is 6.08 Å². The van der Waals surface area contributed by atoms with Crippen LogP contribution >= 0.6 is 0 Å². The molecule has 1 aliphatic carbocycles. The van der Waals surface area contributed by atoms with Crippen LogP contribution in [0.4, 0.5) is 5.69 Å². The van der Waals surface area contributed by atoms with Crippen molar-refractivity contribution in [1.82, 2.24) is 14.9 Å². The summed E-state index contributed by atoms with van der Waals surface area (Å²) in [6.45, 7) is 0. The molecule has 1 N–H and O–H groups in total. The number of carbonyl (C=O) groups excluding carboxylic acids is 2. The Morgan fingerprint density at radius 2 is 1.93 bits per heavy atom. The Balaban J connectivity index is 1.70. The van der Waals surface area contributed by atoms with Gasteiger partial charge in [0.1, 0.15) is 0 Å². The van der Waals surface area contributed by atoms with Gasteiger partial charge in [0.2, 0.25) is 5.91 Å². The van der Waals surface area contributed by atoms with Gasteiger partial charge in [-0.2, -0.15) is 0 Å². The molecule has 0 atom stereocenters. The predicted molar refractivity (Wildman–Crippen MR) is 105 cm³/mol. The molecule has 1 fully saturated rings. The fraction of sp³-hybridized carbons (Fsp3) is 0.333. The van der Waals surface area contributed by atoms with Crippen molar-refractivity contribution >= 4 is 23.6 Å². The van der Waals surface area contributed by atoms with Crippen LogP contribution < -0.4 is 5.32 Å². The summed E-state index contributed by atoms with van der Waals surface area (Å²) in [6, 6.07) is 7.39. The molecule has 0 saturated heterocycles. The van der Waals surface area contributed by atoms with Crippen LogP contribution in [0.1, 0.15) is 48.2 Å². The van der Waals surface area contributed by atoms with Crippen molar-refractivity contribution in [2.75, 3.05) is 12.4 Å². The first kappa shape index (κ1) is 18.8. The van der Waals surface area contributed by atoms with Gasteiger partial charge < -0.3 is 10.2 Å². The van der Waals surface area contributed by atoms with E-state index >= 15 is 0 Å². The van der Waals surface area contributed by atoms with Gasteiger partial charge in [-0.1, -0.05) is 31.4 Å². The first-order chi connectivity index (χ1) is 13.1. The zero-order valence-electron chi connectivity index (χ0n) is 15.5. The third-order valence-corrected chi connectivity index (χ3v) is 4.85. The van der Waals surface area contributed by atoms with Crippen LogP contribution in [-0.4, -0.2) is 39.8 Å². The van der Waals surface area contributed by atoms with Gasteiger partial charge in [-0.15, -0.1) is 0 Å². The van der Waals surface area contributed by atoms with Gasteiger partial charge in [0.25, 0.3) is 5.91 Å². The smallest absolute Gasteiger partial charge is 0.255 e. The lowest BCUT2D eigenvalue weighted by Crippen LogP contribution is -2.38. The van der Waals surface area contributed by atoms with Gasteiger partial charge in [-0.25, -0.2) is 0 Å². The Hall–Kier alpha value is -3.02. The molecule has 1 aromatic carbocycles. The minimum atomic E-state index is -0.318. The summed E-state index contributed by atoms with van der Waals surface area (Å²) in [4.78, 5) is 35.1. The van der Waals surface area contributed by atoms with E-state index in [0.717, 1.165) is 25.7 Å². The molecule has 0 radical (unpaired) electrons. The number of anilines is 1. The molecule has 6 nitrogen and oxygen atoms in total. The maximum Gasteiger partial charge on any atom is 0.255 e. The minimum absolute atomic E-state index is 0.0595. The number of para-hydroxylation sites is 1. The molecule has 1 aromatic heterocycles. The van der Waals surface area contributed by atoms with Gasteiger partial charge in [0.05, 0.1) is 23.1 Å². The largest absolute Gasteiger partial charge is 0.339 e. The molecule has 2 amide bonds. The van der Waals surface area contributed by atoms with E-state index in [1.54, 1.807) is 42.9 Å². The minimum Gasteiger partial charge on any atom is -0.339 e. The van der Waals surface area contributed by atoms with Crippen LogP contribution in [-0.2, 0) is 4.79 Å². The van der Waals surface area contributed by atoms with Crippen LogP contribution in [0.5, 0.6) is 0 Å². The maximum absolute atomic E-state index is 13.0. The highest BCUT2D eigenvalue weighted by Gasteiger charge is 2.24. The number of rotatable bonds is 5. The third kappa shape index (κ3) is 5.00. The number of amides is 2. The maximum atomic E-state index is 13.0. The Bertz CT molecular complexity index is 814. The lowest BCUT2D eigenvalue weighted by atomic mass is 9.94. The van der Waals surface area contributed by atoms with Crippen molar-refractivity contribution in [2.45, 2.75) is 38.1 Å². The first-order valence-corrected chi connectivity index (χ1v) is 9.26. The van der Waals surface area contributed by atoms with Crippen molar-refractivity contribution < 1.29 is 9.59 Å². The average Bonchev–Trinajstić information content (AvgIpc) is 2.73. The molecule has 1 aliphatic rings. The number of aromatic nitrogens is 2. The molecule has 2 aromatic rings. The second-order valence-electron chi connectivity index (χ2n) is 6.71. The predicted octanol–water partition coefficient (Wildman–Crippen LogP) is 3.53. The summed E-state index contributed by atoms with van der Waals surface area (Å²) in [5.74, 6) is -0.378. The number of benzene rings is 1. The van der Waals surface area contributed by atoms with E-state index in [1.807, 2.05) is 18.0 Å². The normalized spacial score (nSPS) is 14.9. The Morgan fingerprint density at radius 1 is 1.15 bits per heavy atom. The van der Waals surface area contributed by atoms with E-state index in [9.17, 15) is 9.59 Å². The molecule has 6 heteroatoms. The molecule has 0 bridgehead atoms. The summed E-state index contributed by atoms with van der Waals surface area (Å²) < 4.78 is 0. The number of nitrogens with one attached hydrogen (secondary N) is 1. The number of nitrogens with zero attached hydrogens (tertiary/aromatic N) is 3. The van der Waals surface area contributed by atoms with E-state index in [0.29, 0.717) is 16.9 Å². The monoisotopic (exact) mass is 364 g/mol. The quantitative estimate of drug-likeness (QED) is 0.824. The summed E-state index contributed by atoms with van der Waals surface area (Å²) in [5, 5.41) is 2.80. The second kappa shape index (κ2) is 9.07. The molecule has 3 rings (SSSR count). The molecule has 1 saturated carbocycles. The fourth-order valence-corrected chi connectivity index (χ4v) is 3.33. The Morgan fingerprint density at radius 3 is 2.67 bits per heavy atom. The van der Waals surface area contributed by atoms with E-state index in [-0.39, 0.29) is 17.9 Å². The van der Waals surface area contributed by atoms with Crippen molar-refractivity contribution in [3.63, 3.8) is 0 Å². The van der Waals surface area contributed by atoms with Crippen LogP contribution in [0.3, 0.4) is 0 Å². The van der Waals surface area contributed by atoms with Gasteiger partial charge in [-0.05, 0) is 31.1 Å². The van der Waals surface area contributed by atoms with Gasteiger partial charge in [-0.3, -0.25) is 19.6 Å². The number of hydrogen-bond acceptors (Lipinski definition) is 4. The fourth-order valence-electron chi connectivity index (χ4n) is 3.33. The molecular weight excluding hydrogens is 340 g/mol. The van der Waals surface area contributed by atoms with E-state index in [1.165, 1.54) is 12.5 Å². The lowest BCUT2D eigenvalue weighted by molar-refractivity contribution is -0.111. The lowest BCUT2D eigenvalue weighted by Gasteiger charge is -2.31. The summed E-state index contributed by atoms with van der Waals surface area (Å²) in [7, 11) is 1.85. The molecule has 0 spiro atoms. The summed E-state index contributed by atoms with van der Waals surface area (Å²) in [5.41, 5.74) is 1.61. The molecule has 140 valence electrons. The van der Waals surface area contributed by atoms with E-state index < -0.39 is 0 Å².